The molecule has 1 atom stereocenters. The molecule has 0 aliphatic carbocycles. The van der Waals surface area contributed by atoms with Crippen LogP contribution in [0, 0.1) is 0 Å². The fraction of sp³-hybridized carbons (Fsp3) is 0.600. The molecule has 0 bridgehead atoms. The molecule has 1 aromatic carbocycles. The third kappa shape index (κ3) is 3.80. The zero-order valence-corrected chi connectivity index (χ0v) is 11.4. The molecule has 0 spiro atoms. The monoisotopic (exact) mass is 249 g/mol. The molecule has 3 heteroatoms. The van der Waals surface area contributed by atoms with E-state index in [1.165, 1.54) is 17.5 Å². The number of methoxy groups -OCH3 is 1. The topological polar surface area (TPSA) is 30.5 Å². The molecule has 1 N–H and O–H groups in total. The van der Waals surface area contributed by atoms with E-state index in [0.717, 1.165) is 26.2 Å². The molecule has 1 heterocycles. The lowest BCUT2D eigenvalue weighted by atomic mass is 9.94. The van der Waals surface area contributed by atoms with Crippen molar-refractivity contribution < 1.29 is 9.47 Å². The van der Waals surface area contributed by atoms with Crippen LogP contribution < -0.4 is 5.32 Å². The van der Waals surface area contributed by atoms with Crippen molar-refractivity contribution in [3.8, 4) is 0 Å². The molecule has 1 aliphatic rings. The molecule has 1 fully saturated rings. The summed E-state index contributed by atoms with van der Waals surface area (Å²) < 4.78 is 10.7. The number of ether oxygens (including phenoxy) is 2. The summed E-state index contributed by atoms with van der Waals surface area (Å²) in [5.41, 5.74) is 2.65. The maximum Gasteiger partial charge on any atom is 0.0713 e. The Labute approximate surface area is 109 Å². The smallest absolute Gasteiger partial charge is 0.0713 e. The van der Waals surface area contributed by atoms with Gasteiger partial charge in [0.15, 0.2) is 0 Å². The van der Waals surface area contributed by atoms with Crippen molar-refractivity contribution >= 4 is 0 Å². The van der Waals surface area contributed by atoms with Crippen molar-refractivity contribution in [3.63, 3.8) is 0 Å². The van der Waals surface area contributed by atoms with Crippen LogP contribution in [-0.4, -0.2) is 25.9 Å². The minimum atomic E-state index is 0.121. The second kappa shape index (κ2) is 6.32. The van der Waals surface area contributed by atoms with Gasteiger partial charge in [0.2, 0.25) is 0 Å². The first kappa shape index (κ1) is 13.5. The maximum absolute atomic E-state index is 5.55. The van der Waals surface area contributed by atoms with E-state index in [4.69, 9.17) is 9.47 Å². The zero-order valence-electron chi connectivity index (χ0n) is 11.4. The highest BCUT2D eigenvalue weighted by molar-refractivity contribution is 5.23. The molecule has 1 saturated heterocycles. The third-order valence-corrected chi connectivity index (χ3v) is 3.46. The van der Waals surface area contributed by atoms with Gasteiger partial charge in [0.1, 0.15) is 0 Å². The highest BCUT2D eigenvalue weighted by Gasteiger charge is 2.26. The first-order valence-corrected chi connectivity index (χ1v) is 6.61. The number of nitrogens with one attached hydrogen (secondary N) is 1. The van der Waals surface area contributed by atoms with Gasteiger partial charge in [-0.3, -0.25) is 0 Å². The molecule has 18 heavy (non-hydrogen) atoms. The number of hydrogen-bond donors (Lipinski definition) is 1. The maximum atomic E-state index is 5.55. The average molecular weight is 249 g/mol. The van der Waals surface area contributed by atoms with E-state index in [9.17, 15) is 0 Å². The molecular formula is C15H23NO2. The van der Waals surface area contributed by atoms with Crippen LogP contribution in [-0.2, 0) is 22.6 Å². The third-order valence-electron chi connectivity index (χ3n) is 3.46. The Kier molecular flexibility index (Phi) is 4.75. The summed E-state index contributed by atoms with van der Waals surface area (Å²) >= 11 is 0. The van der Waals surface area contributed by atoms with Gasteiger partial charge in [-0.05, 0) is 30.9 Å². The second-order valence-corrected chi connectivity index (χ2v) is 5.32. The molecule has 2 rings (SSSR count). The summed E-state index contributed by atoms with van der Waals surface area (Å²) in [7, 11) is 1.73. The van der Waals surface area contributed by atoms with Gasteiger partial charge < -0.3 is 14.8 Å². The minimum Gasteiger partial charge on any atom is -0.380 e. The van der Waals surface area contributed by atoms with Gasteiger partial charge in [-0.1, -0.05) is 24.3 Å². The van der Waals surface area contributed by atoms with Gasteiger partial charge >= 0.3 is 0 Å². The predicted molar refractivity (Wildman–Crippen MR) is 72.5 cm³/mol. The van der Waals surface area contributed by atoms with Gasteiger partial charge in [-0.15, -0.1) is 0 Å². The molecule has 1 aromatic rings. The molecule has 100 valence electrons. The first-order valence-electron chi connectivity index (χ1n) is 6.61. The summed E-state index contributed by atoms with van der Waals surface area (Å²) in [5.74, 6) is 0. The van der Waals surface area contributed by atoms with E-state index in [-0.39, 0.29) is 5.54 Å². The van der Waals surface area contributed by atoms with Crippen LogP contribution in [0.5, 0.6) is 0 Å². The van der Waals surface area contributed by atoms with Gasteiger partial charge in [-0.2, -0.15) is 0 Å². The van der Waals surface area contributed by atoms with Gasteiger partial charge in [0, 0.05) is 25.8 Å². The Hall–Kier alpha value is -0.900. The Bertz CT molecular complexity index is 373. The molecule has 0 aromatic heterocycles. The lowest BCUT2D eigenvalue weighted by molar-refractivity contribution is 0.0278. The van der Waals surface area contributed by atoms with Crippen molar-refractivity contribution in [1.82, 2.24) is 5.32 Å². The first-order chi connectivity index (χ1) is 8.72. The van der Waals surface area contributed by atoms with E-state index in [0.29, 0.717) is 6.61 Å². The fourth-order valence-electron chi connectivity index (χ4n) is 2.38. The SMILES string of the molecule is COCc1cccc(CNC2(C)CCCOC2)c1. The van der Waals surface area contributed by atoms with E-state index < -0.39 is 0 Å². The fourth-order valence-corrected chi connectivity index (χ4v) is 2.38. The zero-order chi connectivity index (χ0) is 12.8. The summed E-state index contributed by atoms with van der Waals surface area (Å²) in [6.45, 7) is 5.52. The van der Waals surface area contributed by atoms with Crippen molar-refractivity contribution in [2.75, 3.05) is 20.3 Å². The highest BCUT2D eigenvalue weighted by Crippen LogP contribution is 2.19. The van der Waals surface area contributed by atoms with Crippen molar-refractivity contribution in [2.45, 2.75) is 38.5 Å². The quantitative estimate of drug-likeness (QED) is 0.869. The van der Waals surface area contributed by atoms with E-state index in [2.05, 4.69) is 36.5 Å². The van der Waals surface area contributed by atoms with E-state index in [1.807, 2.05) is 0 Å². The van der Waals surface area contributed by atoms with Crippen LogP contribution in [0.1, 0.15) is 30.9 Å². The van der Waals surface area contributed by atoms with Crippen LogP contribution in [0.2, 0.25) is 0 Å². The highest BCUT2D eigenvalue weighted by atomic mass is 16.5. The number of hydrogen-bond acceptors (Lipinski definition) is 3. The molecule has 3 nitrogen and oxygen atoms in total. The summed E-state index contributed by atoms with van der Waals surface area (Å²) in [4.78, 5) is 0. The van der Waals surface area contributed by atoms with Crippen LogP contribution >= 0.6 is 0 Å². The molecule has 0 radical (unpaired) electrons. The minimum absolute atomic E-state index is 0.121. The Morgan fingerprint density at radius 3 is 2.94 bits per heavy atom. The van der Waals surface area contributed by atoms with Gasteiger partial charge in [0.25, 0.3) is 0 Å². The largest absolute Gasteiger partial charge is 0.380 e. The van der Waals surface area contributed by atoms with Gasteiger partial charge in [0.05, 0.1) is 13.2 Å². The molecule has 0 saturated carbocycles. The molecule has 1 aliphatic heterocycles. The second-order valence-electron chi connectivity index (χ2n) is 5.32. The number of rotatable bonds is 5. The molecule has 0 amide bonds. The average Bonchev–Trinajstić information content (AvgIpc) is 2.38. The van der Waals surface area contributed by atoms with Crippen molar-refractivity contribution in [2.24, 2.45) is 0 Å². The molecule has 1 unspecified atom stereocenters. The predicted octanol–water partition coefficient (Wildman–Crippen LogP) is 2.49. The van der Waals surface area contributed by atoms with Crippen molar-refractivity contribution in [1.29, 1.82) is 0 Å². The lowest BCUT2D eigenvalue weighted by Gasteiger charge is -2.34. The Balaban J connectivity index is 1.90. The normalized spacial score (nSPS) is 24.1. The summed E-state index contributed by atoms with van der Waals surface area (Å²) in [6, 6.07) is 8.53. The Morgan fingerprint density at radius 1 is 1.39 bits per heavy atom. The van der Waals surface area contributed by atoms with Gasteiger partial charge in [-0.25, -0.2) is 0 Å². The number of benzene rings is 1. The van der Waals surface area contributed by atoms with Crippen LogP contribution in [0.15, 0.2) is 24.3 Å². The van der Waals surface area contributed by atoms with Crippen LogP contribution in [0.4, 0.5) is 0 Å². The Morgan fingerprint density at radius 2 is 2.22 bits per heavy atom. The van der Waals surface area contributed by atoms with E-state index in [1.54, 1.807) is 7.11 Å². The van der Waals surface area contributed by atoms with Crippen molar-refractivity contribution in [3.05, 3.63) is 35.4 Å². The summed E-state index contributed by atoms with van der Waals surface area (Å²) in [6.07, 6.45) is 2.33. The van der Waals surface area contributed by atoms with E-state index >= 15 is 0 Å². The van der Waals surface area contributed by atoms with Crippen LogP contribution in [0.25, 0.3) is 0 Å². The summed E-state index contributed by atoms with van der Waals surface area (Å²) in [5, 5.41) is 3.62. The standard InChI is InChI=1S/C15H23NO2/c1-15(7-4-8-18-12-15)16-10-13-5-3-6-14(9-13)11-17-2/h3,5-6,9,16H,4,7-8,10-12H2,1-2H3. The van der Waals surface area contributed by atoms with Crippen LogP contribution in [0.3, 0.4) is 0 Å². The lowest BCUT2D eigenvalue weighted by Crippen LogP contribution is -2.48. The molecular weight excluding hydrogens is 226 g/mol.